The molecular formula is C17H14FN3O. The van der Waals surface area contributed by atoms with E-state index < -0.39 is 17.5 Å². The van der Waals surface area contributed by atoms with E-state index in [0.29, 0.717) is 0 Å². The van der Waals surface area contributed by atoms with Crippen LogP contribution in [0.4, 0.5) is 10.1 Å². The number of rotatable bonds is 3. The Morgan fingerprint density at radius 3 is 2.45 bits per heavy atom. The summed E-state index contributed by atoms with van der Waals surface area (Å²) in [5, 5.41) is 5.79. The van der Waals surface area contributed by atoms with Crippen molar-refractivity contribution in [1.82, 2.24) is 0 Å². The van der Waals surface area contributed by atoms with Gasteiger partial charge in [-0.15, -0.1) is 0 Å². The van der Waals surface area contributed by atoms with E-state index in [9.17, 15) is 9.18 Å². The first kappa shape index (κ1) is 14.0. The molecule has 2 N–H and O–H groups in total. The van der Waals surface area contributed by atoms with Crippen LogP contribution in [-0.4, -0.2) is 11.6 Å². The van der Waals surface area contributed by atoms with Gasteiger partial charge in [-0.25, -0.2) is 9.40 Å². The minimum Gasteiger partial charge on any atom is -0.385 e. The number of Topliss-reactive ketones (excluding diaryl/α,β-unsaturated/α-hetero) is 1. The molecule has 2 aromatic carbocycles. The van der Waals surface area contributed by atoms with Crippen LogP contribution in [0.3, 0.4) is 0 Å². The van der Waals surface area contributed by atoms with Gasteiger partial charge in [-0.1, -0.05) is 30.3 Å². The first-order valence-corrected chi connectivity index (χ1v) is 6.82. The summed E-state index contributed by atoms with van der Waals surface area (Å²) < 4.78 is 13.7. The Labute approximate surface area is 127 Å². The van der Waals surface area contributed by atoms with Gasteiger partial charge >= 0.3 is 0 Å². The summed E-state index contributed by atoms with van der Waals surface area (Å²) >= 11 is 0. The fourth-order valence-corrected chi connectivity index (χ4v) is 2.26. The third kappa shape index (κ3) is 2.61. The number of para-hydroxylation sites is 1. The molecule has 0 radical (unpaired) electrons. The lowest BCUT2D eigenvalue weighted by molar-refractivity contribution is 0.0967. The van der Waals surface area contributed by atoms with Crippen LogP contribution in [0.15, 0.2) is 72.0 Å². The molecule has 1 unspecified atom stereocenters. The molecule has 5 heteroatoms. The third-order valence-electron chi connectivity index (χ3n) is 3.40. The molecule has 4 nitrogen and oxygen atoms in total. The predicted molar refractivity (Wildman–Crippen MR) is 83.9 cm³/mol. The lowest BCUT2D eigenvalue weighted by atomic mass is 9.95. The summed E-state index contributed by atoms with van der Waals surface area (Å²) in [7, 11) is 0. The minimum absolute atomic E-state index is 0.0171. The van der Waals surface area contributed by atoms with Crippen molar-refractivity contribution in [3.05, 3.63) is 78.3 Å². The van der Waals surface area contributed by atoms with E-state index in [1.807, 2.05) is 30.3 Å². The maximum Gasteiger partial charge on any atom is 0.180 e. The maximum absolute atomic E-state index is 13.7. The van der Waals surface area contributed by atoms with Crippen LogP contribution >= 0.6 is 0 Å². The summed E-state index contributed by atoms with van der Waals surface area (Å²) in [4.78, 5) is 12.4. The van der Waals surface area contributed by atoms with Crippen LogP contribution in [0.5, 0.6) is 0 Å². The van der Waals surface area contributed by atoms with E-state index in [2.05, 4.69) is 5.10 Å². The fourth-order valence-electron chi connectivity index (χ4n) is 2.26. The van der Waals surface area contributed by atoms with E-state index in [-0.39, 0.29) is 11.4 Å². The standard InChI is InChI=1S/C17H14FN3O/c18-15-9-5-4-8-13(15)16(22)14-10-11-21(20-17(14)19)12-6-2-1-3-7-12/h1-11,14H,(H2,19,20). The second-order valence-corrected chi connectivity index (χ2v) is 4.87. The van der Waals surface area contributed by atoms with Crippen LogP contribution in [-0.2, 0) is 0 Å². The topological polar surface area (TPSA) is 58.7 Å². The first-order valence-electron chi connectivity index (χ1n) is 6.82. The zero-order chi connectivity index (χ0) is 15.5. The highest BCUT2D eigenvalue weighted by Crippen LogP contribution is 2.21. The second-order valence-electron chi connectivity index (χ2n) is 4.87. The molecule has 110 valence electrons. The molecule has 0 fully saturated rings. The Morgan fingerprint density at radius 1 is 1.09 bits per heavy atom. The van der Waals surface area contributed by atoms with Crippen molar-refractivity contribution in [2.24, 2.45) is 16.8 Å². The van der Waals surface area contributed by atoms with Crippen molar-refractivity contribution in [1.29, 1.82) is 0 Å². The molecule has 0 saturated carbocycles. The minimum atomic E-state index is -0.753. The average Bonchev–Trinajstić information content (AvgIpc) is 2.55. The second kappa shape index (κ2) is 5.81. The monoisotopic (exact) mass is 295 g/mol. The molecule has 1 heterocycles. The van der Waals surface area contributed by atoms with Gasteiger partial charge in [0.25, 0.3) is 0 Å². The van der Waals surface area contributed by atoms with Crippen LogP contribution in [0, 0.1) is 11.7 Å². The van der Waals surface area contributed by atoms with Crippen molar-refractivity contribution in [2.45, 2.75) is 0 Å². The van der Waals surface area contributed by atoms with E-state index in [1.165, 1.54) is 18.2 Å². The van der Waals surface area contributed by atoms with Gasteiger partial charge in [-0.3, -0.25) is 4.79 Å². The summed E-state index contributed by atoms with van der Waals surface area (Å²) in [6.45, 7) is 0. The van der Waals surface area contributed by atoms with Crippen LogP contribution in [0.2, 0.25) is 0 Å². The maximum atomic E-state index is 13.7. The quantitative estimate of drug-likeness (QED) is 0.886. The highest BCUT2D eigenvalue weighted by molar-refractivity contribution is 6.13. The zero-order valence-corrected chi connectivity index (χ0v) is 11.7. The number of hydrogen-bond acceptors (Lipinski definition) is 4. The molecule has 1 atom stereocenters. The van der Waals surface area contributed by atoms with Gasteiger partial charge in [0.1, 0.15) is 17.6 Å². The Hall–Kier alpha value is -2.95. The van der Waals surface area contributed by atoms with Crippen molar-refractivity contribution >= 4 is 17.3 Å². The van der Waals surface area contributed by atoms with Crippen molar-refractivity contribution < 1.29 is 9.18 Å². The first-order chi connectivity index (χ1) is 10.7. The number of halogens is 1. The highest BCUT2D eigenvalue weighted by atomic mass is 19.1. The smallest absolute Gasteiger partial charge is 0.180 e. The van der Waals surface area contributed by atoms with E-state index in [1.54, 1.807) is 23.4 Å². The summed E-state index contributed by atoms with van der Waals surface area (Å²) in [5.74, 6) is -1.57. The number of amidine groups is 1. The lowest BCUT2D eigenvalue weighted by Gasteiger charge is -2.23. The van der Waals surface area contributed by atoms with Crippen LogP contribution in [0.25, 0.3) is 0 Å². The number of carbonyl (C=O) groups excluding carboxylic acids is 1. The molecule has 0 bridgehead atoms. The number of anilines is 1. The zero-order valence-electron chi connectivity index (χ0n) is 11.7. The molecule has 1 aliphatic heterocycles. The Kier molecular flexibility index (Phi) is 3.70. The number of ketones is 1. The molecule has 0 amide bonds. The molecule has 2 aromatic rings. The molecule has 22 heavy (non-hydrogen) atoms. The molecule has 3 rings (SSSR count). The summed E-state index contributed by atoms with van der Waals surface area (Å²) in [5.41, 5.74) is 6.76. The Balaban J connectivity index is 1.86. The highest BCUT2D eigenvalue weighted by Gasteiger charge is 2.26. The average molecular weight is 295 g/mol. The van der Waals surface area contributed by atoms with Crippen molar-refractivity contribution in [2.75, 3.05) is 5.01 Å². The van der Waals surface area contributed by atoms with E-state index >= 15 is 0 Å². The van der Waals surface area contributed by atoms with Gasteiger partial charge in [-0.2, -0.15) is 5.10 Å². The van der Waals surface area contributed by atoms with Gasteiger partial charge in [0.2, 0.25) is 0 Å². The van der Waals surface area contributed by atoms with Gasteiger partial charge in [-0.05, 0) is 30.3 Å². The molecule has 0 aliphatic carbocycles. The molecule has 1 aliphatic rings. The van der Waals surface area contributed by atoms with Gasteiger partial charge < -0.3 is 5.73 Å². The predicted octanol–water partition coefficient (Wildman–Crippen LogP) is 2.93. The normalized spacial score (nSPS) is 17.2. The number of nitrogens with two attached hydrogens (primary N) is 1. The number of carbonyl (C=O) groups is 1. The lowest BCUT2D eigenvalue weighted by Crippen LogP contribution is -2.35. The Bertz CT molecular complexity index is 756. The fraction of sp³-hybridized carbons (Fsp3) is 0.0588. The third-order valence-corrected chi connectivity index (χ3v) is 3.40. The number of hydrogen-bond donors (Lipinski definition) is 1. The summed E-state index contributed by atoms with van der Waals surface area (Å²) in [6.07, 6.45) is 3.29. The Morgan fingerprint density at radius 2 is 1.77 bits per heavy atom. The number of benzene rings is 2. The largest absolute Gasteiger partial charge is 0.385 e. The molecule has 0 saturated heterocycles. The van der Waals surface area contributed by atoms with E-state index in [0.717, 1.165) is 5.69 Å². The number of nitrogens with zero attached hydrogens (tertiary/aromatic N) is 2. The van der Waals surface area contributed by atoms with E-state index in [4.69, 9.17) is 5.73 Å². The van der Waals surface area contributed by atoms with Gasteiger partial charge in [0, 0.05) is 6.20 Å². The molecular weight excluding hydrogens is 281 g/mol. The van der Waals surface area contributed by atoms with Crippen molar-refractivity contribution in [3.63, 3.8) is 0 Å². The van der Waals surface area contributed by atoms with Gasteiger partial charge in [0.15, 0.2) is 5.78 Å². The van der Waals surface area contributed by atoms with Crippen molar-refractivity contribution in [3.8, 4) is 0 Å². The SMILES string of the molecule is NC1=NN(c2ccccc2)C=CC1C(=O)c1ccccc1F. The number of hydrazone groups is 1. The van der Waals surface area contributed by atoms with Gasteiger partial charge in [0.05, 0.1) is 11.3 Å². The summed E-state index contributed by atoms with van der Waals surface area (Å²) in [6, 6.07) is 15.3. The molecule has 0 aromatic heterocycles. The van der Waals surface area contributed by atoms with Crippen LogP contribution < -0.4 is 10.7 Å². The molecule has 0 spiro atoms. The van der Waals surface area contributed by atoms with Crippen LogP contribution in [0.1, 0.15) is 10.4 Å².